The molecule has 1 aromatic carbocycles. The van der Waals surface area contributed by atoms with Gasteiger partial charge in [-0.15, -0.1) is 0 Å². The Labute approximate surface area is 149 Å². The van der Waals surface area contributed by atoms with Crippen LogP contribution in [0.3, 0.4) is 0 Å². The number of pyridine rings is 1. The van der Waals surface area contributed by atoms with Gasteiger partial charge in [-0.2, -0.15) is 0 Å². The summed E-state index contributed by atoms with van der Waals surface area (Å²) in [5.41, 5.74) is 1.27. The lowest BCUT2D eigenvalue weighted by Gasteiger charge is -2.10. The molecule has 0 saturated carbocycles. The number of nitrogens with one attached hydrogen (secondary N) is 1. The summed E-state index contributed by atoms with van der Waals surface area (Å²) in [6.07, 6.45) is 3.42. The Morgan fingerprint density at radius 2 is 1.96 bits per heavy atom. The lowest BCUT2D eigenvalue weighted by Crippen LogP contribution is -2.14. The number of nitrogens with zero attached hydrogens (tertiary/aromatic N) is 2. The lowest BCUT2D eigenvalue weighted by atomic mass is 10.2. The van der Waals surface area contributed by atoms with Crippen LogP contribution in [0.15, 0.2) is 54.9 Å². The number of hydrogen-bond donors (Lipinski definition) is 1. The summed E-state index contributed by atoms with van der Waals surface area (Å²) in [6, 6.07) is 12.7. The van der Waals surface area contributed by atoms with Crippen LogP contribution in [0.2, 0.25) is 0 Å². The first-order valence-corrected chi connectivity index (χ1v) is 8.49. The van der Waals surface area contributed by atoms with Crippen LogP contribution < -0.4 is 10.1 Å². The first kappa shape index (κ1) is 17.1. The highest BCUT2D eigenvalue weighted by atomic mass is 32.1. The van der Waals surface area contributed by atoms with E-state index in [2.05, 4.69) is 15.3 Å². The third-order valence-corrected chi connectivity index (χ3v) is 4.26. The molecular weight excluding hydrogens is 338 g/mol. The quantitative estimate of drug-likeness (QED) is 0.657. The average molecular weight is 355 g/mol. The fraction of sp³-hybridized carbons (Fsp3) is 0.167. The number of ether oxygens (including phenoxy) is 2. The van der Waals surface area contributed by atoms with Gasteiger partial charge in [0.1, 0.15) is 12.4 Å². The van der Waals surface area contributed by atoms with Crippen molar-refractivity contribution < 1.29 is 14.3 Å². The minimum Gasteiger partial charge on any atom is -0.490 e. The Bertz CT molecular complexity index is 836. The Morgan fingerprint density at radius 1 is 1.12 bits per heavy atom. The standard InChI is InChI=1S/C18H17N3O3S/c1-23-10-11-24-15-8-3-2-6-13(15)17(22)21-18-20-12-16(25-18)14-7-4-5-9-19-14/h2-9,12H,10-11H2,1H3,(H,20,21,22). The van der Waals surface area contributed by atoms with Crippen molar-refractivity contribution in [1.82, 2.24) is 9.97 Å². The number of aromatic nitrogens is 2. The van der Waals surface area contributed by atoms with Crippen LogP contribution in [0.25, 0.3) is 10.6 Å². The number of thiazole rings is 1. The smallest absolute Gasteiger partial charge is 0.261 e. The maximum absolute atomic E-state index is 12.5. The number of carbonyl (C=O) groups is 1. The van der Waals surface area contributed by atoms with Crippen molar-refractivity contribution in [1.29, 1.82) is 0 Å². The first-order chi connectivity index (χ1) is 12.3. The summed E-state index contributed by atoms with van der Waals surface area (Å²) in [5.74, 6) is 0.244. The highest BCUT2D eigenvalue weighted by molar-refractivity contribution is 7.19. The molecule has 0 radical (unpaired) electrons. The number of carbonyl (C=O) groups excluding carboxylic acids is 1. The zero-order valence-electron chi connectivity index (χ0n) is 13.6. The summed E-state index contributed by atoms with van der Waals surface area (Å²) in [5, 5.41) is 3.32. The summed E-state index contributed by atoms with van der Waals surface area (Å²) < 4.78 is 10.6. The number of anilines is 1. The number of amides is 1. The predicted octanol–water partition coefficient (Wildman–Crippen LogP) is 3.48. The van der Waals surface area contributed by atoms with Gasteiger partial charge in [-0.1, -0.05) is 29.5 Å². The second-order valence-electron chi connectivity index (χ2n) is 5.04. The van der Waals surface area contributed by atoms with Crippen LogP contribution in [-0.4, -0.2) is 36.2 Å². The molecule has 1 N–H and O–H groups in total. The normalized spacial score (nSPS) is 10.4. The molecule has 0 atom stereocenters. The summed E-state index contributed by atoms with van der Waals surface area (Å²) >= 11 is 1.37. The molecule has 1 amide bonds. The number of para-hydroxylation sites is 1. The molecule has 128 valence electrons. The van der Waals surface area contributed by atoms with E-state index in [1.165, 1.54) is 11.3 Å². The molecule has 3 rings (SSSR count). The molecule has 0 aliphatic rings. The van der Waals surface area contributed by atoms with Crippen molar-refractivity contribution in [3.8, 4) is 16.3 Å². The van der Waals surface area contributed by atoms with Gasteiger partial charge in [-0.05, 0) is 24.3 Å². The van der Waals surface area contributed by atoms with Gasteiger partial charge in [-0.25, -0.2) is 4.98 Å². The van der Waals surface area contributed by atoms with E-state index in [0.717, 1.165) is 10.6 Å². The lowest BCUT2D eigenvalue weighted by molar-refractivity contribution is 0.101. The van der Waals surface area contributed by atoms with E-state index in [4.69, 9.17) is 9.47 Å². The van der Waals surface area contributed by atoms with Crippen molar-refractivity contribution in [2.75, 3.05) is 25.6 Å². The Balaban J connectivity index is 1.72. The minimum absolute atomic E-state index is 0.269. The van der Waals surface area contributed by atoms with E-state index in [9.17, 15) is 4.79 Å². The molecular formula is C18H17N3O3S. The molecule has 0 bridgehead atoms. The molecule has 0 saturated heterocycles. The van der Waals surface area contributed by atoms with Crippen molar-refractivity contribution in [3.05, 3.63) is 60.4 Å². The third kappa shape index (κ3) is 4.40. The van der Waals surface area contributed by atoms with Crippen LogP contribution in [-0.2, 0) is 4.74 Å². The maximum Gasteiger partial charge on any atom is 0.261 e. The number of hydrogen-bond acceptors (Lipinski definition) is 6. The minimum atomic E-state index is -0.269. The van der Waals surface area contributed by atoms with Crippen LogP contribution in [0.1, 0.15) is 10.4 Å². The van der Waals surface area contributed by atoms with Gasteiger partial charge in [0.05, 0.1) is 22.7 Å². The summed E-state index contributed by atoms with van der Waals surface area (Å²) in [7, 11) is 1.60. The molecule has 0 spiro atoms. The molecule has 2 aromatic heterocycles. The molecule has 0 fully saturated rings. The SMILES string of the molecule is COCCOc1ccccc1C(=O)Nc1ncc(-c2ccccn2)s1. The average Bonchev–Trinajstić information content (AvgIpc) is 3.11. The van der Waals surface area contributed by atoms with E-state index < -0.39 is 0 Å². The van der Waals surface area contributed by atoms with Crippen molar-refractivity contribution in [3.63, 3.8) is 0 Å². The molecule has 25 heavy (non-hydrogen) atoms. The summed E-state index contributed by atoms with van der Waals surface area (Å²) in [6.45, 7) is 0.831. The Morgan fingerprint density at radius 3 is 2.76 bits per heavy atom. The molecule has 7 heteroatoms. The first-order valence-electron chi connectivity index (χ1n) is 7.67. The zero-order valence-corrected chi connectivity index (χ0v) is 14.5. The monoisotopic (exact) mass is 355 g/mol. The van der Waals surface area contributed by atoms with Gasteiger partial charge in [0.15, 0.2) is 5.13 Å². The van der Waals surface area contributed by atoms with Gasteiger partial charge in [0, 0.05) is 19.5 Å². The number of rotatable bonds is 7. The summed E-state index contributed by atoms with van der Waals surface area (Å²) in [4.78, 5) is 22.0. The zero-order chi connectivity index (χ0) is 17.5. The van der Waals surface area contributed by atoms with E-state index in [1.807, 2.05) is 24.3 Å². The predicted molar refractivity (Wildman–Crippen MR) is 97.1 cm³/mol. The molecule has 2 heterocycles. The van der Waals surface area contributed by atoms with Crippen LogP contribution in [0, 0.1) is 0 Å². The fourth-order valence-electron chi connectivity index (χ4n) is 2.14. The van der Waals surface area contributed by atoms with E-state index in [1.54, 1.807) is 37.7 Å². The molecule has 0 unspecified atom stereocenters. The van der Waals surface area contributed by atoms with Crippen LogP contribution in [0.5, 0.6) is 5.75 Å². The topological polar surface area (TPSA) is 73.3 Å². The van der Waals surface area contributed by atoms with Gasteiger partial charge in [0.25, 0.3) is 5.91 Å². The maximum atomic E-state index is 12.5. The molecule has 0 aliphatic heterocycles. The van der Waals surface area contributed by atoms with Crippen LogP contribution >= 0.6 is 11.3 Å². The highest BCUT2D eigenvalue weighted by Gasteiger charge is 2.14. The molecule has 3 aromatic rings. The second kappa shape index (κ2) is 8.36. The van der Waals surface area contributed by atoms with Crippen molar-refractivity contribution in [2.45, 2.75) is 0 Å². The largest absolute Gasteiger partial charge is 0.490 e. The number of methoxy groups -OCH3 is 1. The Hall–Kier alpha value is -2.77. The van der Waals surface area contributed by atoms with E-state index in [-0.39, 0.29) is 5.91 Å². The van der Waals surface area contributed by atoms with E-state index >= 15 is 0 Å². The van der Waals surface area contributed by atoms with Crippen molar-refractivity contribution in [2.24, 2.45) is 0 Å². The second-order valence-corrected chi connectivity index (χ2v) is 6.07. The Kier molecular flexibility index (Phi) is 5.71. The van der Waals surface area contributed by atoms with Crippen LogP contribution in [0.4, 0.5) is 5.13 Å². The van der Waals surface area contributed by atoms with Gasteiger partial charge >= 0.3 is 0 Å². The number of benzene rings is 1. The molecule has 0 aliphatic carbocycles. The van der Waals surface area contributed by atoms with E-state index in [0.29, 0.717) is 29.7 Å². The molecule has 6 nitrogen and oxygen atoms in total. The van der Waals surface area contributed by atoms with Crippen molar-refractivity contribution >= 4 is 22.4 Å². The third-order valence-electron chi connectivity index (χ3n) is 3.32. The fourth-order valence-corrected chi connectivity index (χ4v) is 2.93. The highest BCUT2D eigenvalue weighted by Crippen LogP contribution is 2.28. The van der Waals surface area contributed by atoms with Gasteiger partial charge < -0.3 is 9.47 Å². The van der Waals surface area contributed by atoms with Gasteiger partial charge in [-0.3, -0.25) is 15.1 Å². The van der Waals surface area contributed by atoms with Gasteiger partial charge in [0.2, 0.25) is 0 Å².